The zero-order chi connectivity index (χ0) is 6.27. The van der Waals surface area contributed by atoms with Crippen LogP contribution in [0.15, 0.2) is 4.99 Å². The van der Waals surface area contributed by atoms with E-state index in [1.165, 1.54) is 0 Å². The van der Waals surface area contributed by atoms with E-state index in [0.29, 0.717) is 17.6 Å². The van der Waals surface area contributed by atoms with Crippen molar-refractivity contribution in [3.05, 3.63) is 0 Å². The van der Waals surface area contributed by atoms with Crippen LogP contribution in [0, 0.1) is 11.8 Å². The summed E-state index contributed by atoms with van der Waals surface area (Å²) in [7, 11) is 0. The van der Waals surface area contributed by atoms with Gasteiger partial charge in [-0.25, -0.2) is 0 Å². The van der Waals surface area contributed by atoms with Gasteiger partial charge in [0, 0.05) is 31.5 Å². The molecule has 0 aromatic rings. The van der Waals surface area contributed by atoms with Gasteiger partial charge in [-0.3, -0.25) is 9.79 Å². The molecule has 0 spiro atoms. The Kier molecular flexibility index (Phi) is 0.949. The Bertz CT molecular complexity index is 174. The van der Waals surface area contributed by atoms with Crippen molar-refractivity contribution >= 4 is 12.0 Å². The maximum absolute atomic E-state index is 10.8. The molecule has 2 heteroatoms. The second-order valence-corrected chi connectivity index (χ2v) is 2.89. The van der Waals surface area contributed by atoms with E-state index in [-0.39, 0.29) is 0 Å². The van der Waals surface area contributed by atoms with E-state index >= 15 is 0 Å². The van der Waals surface area contributed by atoms with Gasteiger partial charge in [0.15, 0.2) is 0 Å². The maximum Gasteiger partial charge on any atom is 0.133 e. The van der Waals surface area contributed by atoms with Crippen LogP contribution in [0.3, 0.4) is 0 Å². The van der Waals surface area contributed by atoms with Gasteiger partial charge in [0.1, 0.15) is 5.78 Å². The zero-order valence-electron chi connectivity index (χ0n) is 5.21. The van der Waals surface area contributed by atoms with E-state index < -0.39 is 0 Å². The molecule has 0 N–H and O–H groups in total. The van der Waals surface area contributed by atoms with Crippen molar-refractivity contribution in [1.82, 2.24) is 0 Å². The fourth-order valence-electron chi connectivity index (χ4n) is 1.66. The van der Waals surface area contributed by atoms with Gasteiger partial charge < -0.3 is 0 Å². The van der Waals surface area contributed by atoms with Crippen LogP contribution in [0.25, 0.3) is 0 Å². The van der Waals surface area contributed by atoms with Gasteiger partial charge in [-0.05, 0) is 5.92 Å². The van der Waals surface area contributed by atoms with Crippen LogP contribution < -0.4 is 0 Å². The van der Waals surface area contributed by atoms with Gasteiger partial charge in [0.05, 0.1) is 0 Å². The number of ketones is 1. The molecule has 0 bridgehead atoms. The normalized spacial score (nSPS) is 39.8. The smallest absolute Gasteiger partial charge is 0.133 e. The predicted octanol–water partition coefficient (Wildman–Crippen LogP) is 0.666. The third-order valence-corrected chi connectivity index (χ3v) is 2.20. The largest absolute Gasteiger partial charge is 0.300 e. The Morgan fingerprint density at radius 1 is 1.56 bits per heavy atom. The lowest BCUT2D eigenvalue weighted by Gasteiger charge is -2.00. The monoisotopic (exact) mass is 123 g/mol. The molecule has 1 fully saturated rings. The third kappa shape index (κ3) is 0.696. The number of aliphatic imine (C=N–C) groups is 1. The summed E-state index contributed by atoms with van der Waals surface area (Å²) in [4.78, 5) is 14.9. The Morgan fingerprint density at radius 2 is 2.44 bits per heavy atom. The highest BCUT2D eigenvalue weighted by atomic mass is 16.1. The Morgan fingerprint density at radius 3 is 3.22 bits per heavy atom. The molecule has 0 radical (unpaired) electrons. The molecule has 0 aromatic heterocycles. The van der Waals surface area contributed by atoms with E-state index in [0.717, 1.165) is 19.4 Å². The minimum atomic E-state index is 0.427. The molecule has 0 amide bonds. The third-order valence-electron chi connectivity index (χ3n) is 2.20. The first kappa shape index (κ1) is 5.15. The van der Waals surface area contributed by atoms with E-state index in [1.807, 2.05) is 6.21 Å². The molecule has 1 aliphatic carbocycles. The molecule has 2 rings (SSSR count). The van der Waals surface area contributed by atoms with Gasteiger partial charge >= 0.3 is 0 Å². The van der Waals surface area contributed by atoms with Crippen molar-refractivity contribution in [3.63, 3.8) is 0 Å². The highest BCUT2D eigenvalue weighted by Gasteiger charge is 2.33. The second kappa shape index (κ2) is 1.66. The van der Waals surface area contributed by atoms with Crippen LogP contribution in [0.1, 0.15) is 12.8 Å². The van der Waals surface area contributed by atoms with E-state index in [4.69, 9.17) is 0 Å². The molecular weight excluding hydrogens is 114 g/mol. The molecule has 1 aliphatic heterocycles. The minimum absolute atomic E-state index is 0.427. The van der Waals surface area contributed by atoms with Gasteiger partial charge in [0.25, 0.3) is 0 Å². The summed E-state index contributed by atoms with van der Waals surface area (Å²) in [5, 5.41) is 0. The molecule has 2 aliphatic rings. The highest BCUT2D eigenvalue weighted by Crippen LogP contribution is 2.31. The molecule has 1 heterocycles. The molecular formula is C7H9NO. The summed E-state index contributed by atoms with van der Waals surface area (Å²) in [6.45, 7) is 0.899. The molecule has 48 valence electrons. The van der Waals surface area contributed by atoms with Crippen LogP contribution in [-0.2, 0) is 4.79 Å². The average molecular weight is 123 g/mol. The molecule has 2 nitrogen and oxygen atoms in total. The Hall–Kier alpha value is -0.660. The number of hydrogen-bond donors (Lipinski definition) is 0. The van der Waals surface area contributed by atoms with Crippen molar-refractivity contribution in [1.29, 1.82) is 0 Å². The molecule has 1 saturated carbocycles. The van der Waals surface area contributed by atoms with Gasteiger partial charge in [-0.2, -0.15) is 0 Å². The van der Waals surface area contributed by atoms with E-state index in [1.54, 1.807) is 0 Å². The summed E-state index contributed by atoms with van der Waals surface area (Å²) in [5.41, 5.74) is 0. The van der Waals surface area contributed by atoms with Crippen molar-refractivity contribution in [3.8, 4) is 0 Å². The highest BCUT2D eigenvalue weighted by molar-refractivity contribution is 5.86. The van der Waals surface area contributed by atoms with Crippen LogP contribution in [0.5, 0.6) is 0 Å². The van der Waals surface area contributed by atoms with Gasteiger partial charge in [0.2, 0.25) is 0 Å². The van der Waals surface area contributed by atoms with Crippen molar-refractivity contribution in [2.75, 3.05) is 6.54 Å². The SMILES string of the molecule is O=C1CC2C=NCC2C1. The maximum atomic E-state index is 10.8. The lowest BCUT2D eigenvalue weighted by atomic mass is 10.0. The summed E-state index contributed by atoms with van der Waals surface area (Å²) >= 11 is 0. The molecule has 2 atom stereocenters. The topological polar surface area (TPSA) is 29.4 Å². The standard InChI is InChI=1S/C7H9NO/c9-7-1-5-3-8-4-6(5)2-7/h3,5-6H,1-2,4H2. The van der Waals surface area contributed by atoms with Crippen LogP contribution in [0.4, 0.5) is 0 Å². The number of hydrogen-bond acceptors (Lipinski definition) is 2. The van der Waals surface area contributed by atoms with Gasteiger partial charge in [-0.15, -0.1) is 0 Å². The first-order chi connectivity index (χ1) is 4.36. The lowest BCUT2D eigenvalue weighted by molar-refractivity contribution is -0.117. The number of Topliss-reactive ketones (excluding diaryl/α,β-unsaturated/α-hetero) is 1. The number of carbonyl (C=O) groups excluding carboxylic acids is 1. The zero-order valence-corrected chi connectivity index (χ0v) is 5.21. The predicted molar refractivity (Wildman–Crippen MR) is 34.6 cm³/mol. The van der Waals surface area contributed by atoms with Crippen LogP contribution >= 0.6 is 0 Å². The number of fused-ring (bicyclic) bond motifs is 1. The molecule has 0 aromatic carbocycles. The van der Waals surface area contributed by atoms with Crippen LogP contribution in [0.2, 0.25) is 0 Å². The fraction of sp³-hybridized carbons (Fsp3) is 0.714. The lowest BCUT2D eigenvalue weighted by Crippen LogP contribution is -2.03. The molecule has 2 unspecified atom stereocenters. The summed E-state index contributed by atoms with van der Waals surface area (Å²) < 4.78 is 0. The average Bonchev–Trinajstić information content (AvgIpc) is 2.22. The van der Waals surface area contributed by atoms with Crippen LogP contribution in [-0.4, -0.2) is 18.5 Å². The first-order valence-corrected chi connectivity index (χ1v) is 3.38. The first-order valence-electron chi connectivity index (χ1n) is 3.38. The summed E-state index contributed by atoms with van der Waals surface area (Å²) in [5.74, 6) is 1.52. The number of carbonyl (C=O) groups is 1. The fourth-order valence-corrected chi connectivity index (χ4v) is 1.66. The second-order valence-electron chi connectivity index (χ2n) is 2.89. The van der Waals surface area contributed by atoms with Gasteiger partial charge in [-0.1, -0.05) is 0 Å². The Balaban J connectivity index is 2.17. The summed E-state index contributed by atoms with van der Waals surface area (Å²) in [6, 6.07) is 0. The molecule has 0 saturated heterocycles. The number of rotatable bonds is 0. The summed E-state index contributed by atoms with van der Waals surface area (Å²) in [6.07, 6.45) is 3.49. The van der Waals surface area contributed by atoms with E-state index in [2.05, 4.69) is 4.99 Å². The minimum Gasteiger partial charge on any atom is -0.300 e. The van der Waals surface area contributed by atoms with Crippen molar-refractivity contribution < 1.29 is 4.79 Å². The Labute approximate surface area is 54.0 Å². The van der Waals surface area contributed by atoms with Crippen molar-refractivity contribution in [2.24, 2.45) is 16.8 Å². The quantitative estimate of drug-likeness (QED) is 0.465. The van der Waals surface area contributed by atoms with E-state index in [9.17, 15) is 4.79 Å². The van der Waals surface area contributed by atoms with Crippen molar-refractivity contribution in [2.45, 2.75) is 12.8 Å². The molecule has 9 heavy (non-hydrogen) atoms. The number of nitrogens with zero attached hydrogens (tertiary/aromatic N) is 1.